The number of hydrogen-bond donors (Lipinski definition) is 2. The Kier molecular flexibility index (Phi) is 6.03. The van der Waals surface area contributed by atoms with Gasteiger partial charge in [-0.25, -0.2) is 9.67 Å². The van der Waals surface area contributed by atoms with Crippen LogP contribution in [-0.4, -0.2) is 33.6 Å². The molecule has 2 aromatic heterocycles. The number of benzene rings is 1. The fourth-order valence-electron chi connectivity index (χ4n) is 2.94. The predicted molar refractivity (Wildman–Crippen MR) is 109 cm³/mol. The van der Waals surface area contributed by atoms with Gasteiger partial charge in [0.15, 0.2) is 11.5 Å². The van der Waals surface area contributed by atoms with Gasteiger partial charge in [0.25, 0.3) is 11.8 Å². The second-order valence-corrected chi connectivity index (χ2v) is 7.08. The van der Waals surface area contributed by atoms with Gasteiger partial charge in [-0.3, -0.25) is 9.59 Å². The number of amides is 2. The second kappa shape index (κ2) is 8.38. The number of pyridine rings is 1. The molecular formula is C20H17ClF3N5O2. The lowest BCUT2D eigenvalue weighted by molar-refractivity contribution is -0.141. The minimum Gasteiger partial charge on any atom is -0.355 e. The Morgan fingerprint density at radius 2 is 1.81 bits per heavy atom. The Bertz CT molecular complexity index is 1170. The van der Waals surface area contributed by atoms with E-state index in [1.54, 1.807) is 26.0 Å². The number of anilines is 1. The van der Waals surface area contributed by atoms with Gasteiger partial charge >= 0.3 is 6.18 Å². The summed E-state index contributed by atoms with van der Waals surface area (Å²) >= 11 is 6.01. The average Bonchev–Trinajstić information content (AvgIpc) is 3.15. The van der Waals surface area contributed by atoms with Crippen LogP contribution in [0.15, 0.2) is 36.5 Å². The smallest absolute Gasteiger partial charge is 0.355 e. The summed E-state index contributed by atoms with van der Waals surface area (Å²) in [5.41, 5.74) is -0.490. The highest BCUT2D eigenvalue weighted by Gasteiger charge is 2.36. The molecule has 0 atom stereocenters. The van der Waals surface area contributed by atoms with E-state index >= 15 is 0 Å². The van der Waals surface area contributed by atoms with Gasteiger partial charge in [0, 0.05) is 24.3 Å². The third-order valence-corrected chi connectivity index (χ3v) is 4.64. The molecule has 11 heteroatoms. The van der Waals surface area contributed by atoms with E-state index in [0.29, 0.717) is 17.2 Å². The number of carbonyl (C=O) groups is 2. The van der Waals surface area contributed by atoms with Gasteiger partial charge < -0.3 is 10.6 Å². The van der Waals surface area contributed by atoms with Crippen molar-refractivity contribution in [2.45, 2.75) is 20.0 Å². The van der Waals surface area contributed by atoms with Crippen molar-refractivity contribution in [2.24, 2.45) is 0 Å². The minimum atomic E-state index is -4.77. The lowest BCUT2D eigenvalue weighted by atomic mass is 10.1. The molecular weight excluding hydrogens is 435 g/mol. The number of rotatable bonds is 4. The summed E-state index contributed by atoms with van der Waals surface area (Å²) in [5, 5.41) is 8.77. The fourth-order valence-corrected chi connectivity index (χ4v) is 3.22. The van der Waals surface area contributed by atoms with E-state index in [9.17, 15) is 22.8 Å². The van der Waals surface area contributed by atoms with Crippen molar-refractivity contribution in [1.82, 2.24) is 20.1 Å². The molecule has 0 fully saturated rings. The zero-order chi connectivity index (χ0) is 22.9. The highest BCUT2D eigenvalue weighted by Crippen LogP contribution is 2.31. The second-order valence-electron chi connectivity index (χ2n) is 6.65. The summed E-state index contributed by atoms with van der Waals surface area (Å²) in [6, 6.07) is 6.75. The van der Waals surface area contributed by atoms with E-state index in [-0.39, 0.29) is 22.1 Å². The largest absolute Gasteiger partial charge is 0.435 e. The molecule has 1 aromatic carbocycles. The van der Waals surface area contributed by atoms with Crippen LogP contribution in [0.1, 0.15) is 37.7 Å². The summed E-state index contributed by atoms with van der Waals surface area (Å²) in [5.74, 6) is -1.35. The highest BCUT2D eigenvalue weighted by molar-refractivity contribution is 6.31. The van der Waals surface area contributed by atoms with Gasteiger partial charge in [0.2, 0.25) is 0 Å². The molecule has 0 saturated heterocycles. The van der Waals surface area contributed by atoms with Crippen LogP contribution in [0.5, 0.6) is 0 Å². The maximum Gasteiger partial charge on any atom is 0.435 e. The van der Waals surface area contributed by atoms with Crippen molar-refractivity contribution >= 4 is 29.1 Å². The Labute approximate surface area is 180 Å². The Balaban J connectivity index is 2.12. The first-order valence-electron chi connectivity index (χ1n) is 8.95. The molecule has 0 bridgehead atoms. The molecule has 2 amide bonds. The monoisotopic (exact) mass is 451 g/mol. The summed E-state index contributed by atoms with van der Waals surface area (Å²) in [4.78, 5) is 29.3. The standard InChI is InChI=1S/C20H17ClF3N5O2/c1-10-5-4-6-26-17(10)29-14(9-15(28-29)20(22,23)24)19(31)27-16-11(2)7-12(21)8-13(16)18(30)25-3/h4-9H,1-3H3,(H,25,30)(H,27,31). The highest BCUT2D eigenvalue weighted by atomic mass is 35.5. The Morgan fingerprint density at radius 3 is 2.42 bits per heavy atom. The van der Waals surface area contributed by atoms with Crippen LogP contribution in [0.4, 0.5) is 18.9 Å². The average molecular weight is 452 g/mol. The number of alkyl halides is 3. The Hall–Kier alpha value is -3.40. The van der Waals surface area contributed by atoms with Crippen LogP contribution < -0.4 is 10.6 Å². The van der Waals surface area contributed by atoms with E-state index in [2.05, 4.69) is 20.7 Å². The maximum absolute atomic E-state index is 13.3. The molecule has 3 rings (SSSR count). The van der Waals surface area contributed by atoms with E-state index in [4.69, 9.17) is 11.6 Å². The van der Waals surface area contributed by atoms with Crippen LogP contribution in [0, 0.1) is 13.8 Å². The number of aromatic nitrogens is 3. The van der Waals surface area contributed by atoms with E-state index < -0.39 is 29.4 Å². The van der Waals surface area contributed by atoms with Gasteiger partial charge in [-0.2, -0.15) is 18.3 Å². The van der Waals surface area contributed by atoms with Crippen molar-refractivity contribution in [3.05, 3.63) is 69.6 Å². The van der Waals surface area contributed by atoms with Crippen molar-refractivity contribution in [1.29, 1.82) is 0 Å². The molecule has 0 radical (unpaired) electrons. The zero-order valence-corrected chi connectivity index (χ0v) is 17.4. The molecule has 2 heterocycles. The predicted octanol–water partition coefficient (Wildman–Crippen LogP) is 4.17. The quantitative estimate of drug-likeness (QED) is 0.623. The molecule has 0 aliphatic carbocycles. The molecule has 3 aromatic rings. The molecule has 162 valence electrons. The number of nitrogens with one attached hydrogen (secondary N) is 2. The first-order chi connectivity index (χ1) is 14.5. The summed E-state index contributed by atoms with van der Waals surface area (Å²) < 4.78 is 40.8. The normalized spacial score (nSPS) is 11.3. The maximum atomic E-state index is 13.3. The number of carbonyl (C=O) groups excluding carboxylic acids is 2. The van der Waals surface area contributed by atoms with Crippen LogP contribution in [-0.2, 0) is 6.18 Å². The number of halogens is 4. The van der Waals surface area contributed by atoms with E-state index in [0.717, 1.165) is 4.68 Å². The van der Waals surface area contributed by atoms with Crippen LogP contribution in [0.2, 0.25) is 5.02 Å². The van der Waals surface area contributed by atoms with Crippen molar-refractivity contribution in [3.63, 3.8) is 0 Å². The summed E-state index contributed by atoms with van der Waals surface area (Å²) in [7, 11) is 1.40. The molecule has 31 heavy (non-hydrogen) atoms. The number of hydrogen-bond acceptors (Lipinski definition) is 4. The molecule has 0 aliphatic heterocycles. The molecule has 7 nitrogen and oxygen atoms in total. The van der Waals surface area contributed by atoms with E-state index in [1.165, 1.54) is 25.4 Å². The third-order valence-electron chi connectivity index (χ3n) is 4.43. The van der Waals surface area contributed by atoms with Gasteiger partial charge in [0.1, 0.15) is 5.69 Å². The third kappa shape index (κ3) is 4.53. The molecule has 2 N–H and O–H groups in total. The van der Waals surface area contributed by atoms with Gasteiger partial charge in [0.05, 0.1) is 11.3 Å². The van der Waals surface area contributed by atoms with E-state index in [1.807, 2.05) is 0 Å². The molecule has 0 aliphatic rings. The number of nitrogens with zero attached hydrogens (tertiary/aromatic N) is 3. The van der Waals surface area contributed by atoms with Crippen LogP contribution >= 0.6 is 11.6 Å². The van der Waals surface area contributed by atoms with Crippen LogP contribution in [0.25, 0.3) is 5.82 Å². The van der Waals surface area contributed by atoms with Gasteiger partial charge in [-0.1, -0.05) is 17.7 Å². The van der Waals surface area contributed by atoms with Gasteiger partial charge in [-0.15, -0.1) is 0 Å². The summed E-state index contributed by atoms with van der Waals surface area (Å²) in [6.45, 7) is 3.24. The Morgan fingerprint density at radius 1 is 1.10 bits per heavy atom. The molecule has 0 saturated carbocycles. The van der Waals surface area contributed by atoms with Crippen molar-refractivity contribution in [2.75, 3.05) is 12.4 Å². The van der Waals surface area contributed by atoms with Crippen LogP contribution in [0.3, 0.4) is 0 Å². The first-order valence-corrected chi connectivity index (χ1v) is 9.33. The lowest BCUT2D eigenvalue weighted by Gasteiger charge is -2.15. The summed E-state index contributed by atoms with van der Waals surface area (Å²) in [6.07, 6.45) is -3.39. The fraction of sp³-hybridized carbons (Fsp3) is 0.200. The van der Waals surface area contributed by atoms with Crippen molar-refractivity contribution < 1.29 is 22.8 Å². The first kappa shape index (κ1) is 22.3. The lowest BCUT2D eigenvalue weighted by Crippen LogP contribution is -2.23. The SMILES string of the molecule is CNC(=O)c1cc(Cl)cc(C)c1NC(=O)c1cc(C(F)(F)F)nn1-c1ncccc1C. The van der Waals surface area contributed by atoms with Gasteiger partial charge in [-0.05, 0) is 43.2 Å². The number of aryl methyl sites for hydroxylation is 2. The molecule has 0 spiro atoms. The zero-order valence-electron chi connectivity index (χ0n) is 16.6. The topological polar surface area (TPSA) is 88.9 Å². The van der Waals surface area contributed by atoms with Crippen molar-refractivity contribution in [3.8, 4) is 5.82 Å². The molecule has 0 unspecified atom stereocenters. The minimum absolute atomic E-state index is 0.0666.